The van der Waals surface area contributed by atoms with Gasteiger partial charge in [-0.3, -0.25) is 10.6 Å². The Morgan fingerprint density at radius 2 is 1.11 bits per heavy atom. The molecule has 0 aromatic heterocycles. The molecule has 148 valence electrons. The molecule has 0 saturated carbocycles. The van der Waals surface area contributed by atoms with Crippen LogP contribution in [0.5, 0.6) is 0 Å². The van der Waals surface area contributed by atoms with Crippen molar-refractivity contribution in [2.75, 3.05) is 13.5 Å². The van der Waals surface area contributed by atoms with Gasteiger partial charge < -0.3 is 9.47 Å². The molecule has 28 heavy (non-hydrogen) atoms. The van der Waals surface area contributed by atoms with E-state index in [1.165, 1.54) is 0 Å². The second-order valence-corrected chi connectivity index (χ2v) is 6.21. The van der Waals surface area contributed by atoms with Crippen molar-refractivity contribution >= 4 is 20.4 Å². The first kappa shape index (κ1) is 21.3. The van der Waals surface area contributed by atoms with Gasteiger partial charge in [-0.2, -0.15) is 0 Å². The summed E-state index contributed by atoms with van der Waals surface area (Å²) >= 11 is 0. The molecule has 2 aromatic carbocycles. The molecule has 0 aliphatic carbocycles. The standard InChI is InChI=1S/C18H19N2O7P/c21-17(24-11-15-7-3-1-4-8-15)19-13-26-28(23)27-14-20-18(22)25-12-16-9-5-2-6-10-16/h1-10H,11-14H2,(H-,19,20,21,22)/p+1. The third-order valence-electron chi connectivity index (χ3n) is 3.20. The number of ether oxygens (including phenoxy) is 2. The maximum absolute atomic E-state index is 11.5. The number of rotatable bonds is 10. The van der Waals surface area contributed by atoms with Crippen LogP contribution in [0.4, 0.5) is 9.59 Å². The van der Waals surface area contributed by atoms with E-state index in [1.54, 1.807) is 0 Å². The molecule has 2 rings (SSSR count). The fraction of sp³-hybridized carbons (Fsp3) is 0.222. The summed E-state index contributed by atoms with van der Waals surface area (Å²) in [5.41, 5.74) is 1.66. The summed E-state index contributed by atoms with van der Waals surface area (Å²) in [4.78, 5) is 22.9. The molecule has 2 aromatic rings. The van der Waals surface area contributed by atoms with Gasteiger partial charge in [0.05, 0.1) is 0 Å². The molecule has 0 aliphatic heterocycles. The monoisotopic (exact) mass is 407 g/mol. The van der Waals surface area contributed by atoms with E-state index < -0.39 is 20.4 Å². The SMILES string of the molecule is O=C(NCO[P+](=O)OCNC(=O)OCc1ccccc1)OCc1ccccc1. The molecular weight excluding hydrogens is 387 g/mol. The van der Waals surface area contributed by atoms with Crippen molar-refractivity contribution in [1.82, 2.24) is 10.6 Å². The molecule has 0 radical (unpaired) electrons. The maximum Gasteiger partial charge on any atom is 0.701 e. The van der Waals surface area contributed by atoms with E-state index in [1.807, 2.05) is 60.7 Å². The maximum atomic E-state index is 11.5. The average molecular weight is 407 g/mol. The van der Waals surface area contributed by atoms with E-state index in [0.717, 1.165) is 11.1 Å². The lowest BCUT2D eigenvalue weighted by atomic mass is 10.2. The number of hydrogen-bond donors (Lipinski definition) is 2. The predicted molar refractivity (Wildman–Crippen MR) is 99.0 cm³/mol. The highest BCUT2D eigenvalue weighted by Gasteiger charge is 2.21. The Bertz CT molecular complexity index is 696. The van der Waals surface area contributed by atoms with Crippen LogP contribution in [0.2, 0.25) is 0 Å². The van der Waals surface area contributed by atoms with Crippen molar-refractivity contribution < 1.29 is 32.7 Å². The molecule has 0 spiro atoms. The largest absolute Gasteiger partial charge is 0.701 e. The summed E-state index contributed by atoms with van der Waals surface area (Å²) in [7, 11) is -2.54. The van der Waals surface area contributed by atoms with Crippen LogP contribution in [-0.4, -0.2) is 25.6 Å². The minimum atomic E-state index is -2.54. The van der Waals surface area contributed by atoms with Crippen LogP contribution in [0, 0.1) is 0 Å². The van der Waals surface area contributed by atoms with Crippen molar-refractivity contribution in [2.45, 2.75) is 13.2 Å². The highest BCUT2D eigenvalue weighted by atomic mass is 31.1. The van der Waals surface area contributed by atoms with Crippen LogP contribution in [0.25, 0.3) is 0 Å². The zero-order valence-electron chi connectivity index (χ0n) is 14.9. The van der Waals surface area contributed by atoms with Crippen molar-refractivity contribution in [2.24, 2.45) is 0 Å². The van der Waals surface area contributed by atoms with Crippen LogP contribution < -0.4 is 10.6 Å². The Morgan fingerprint density at radius 3 is 1.50 bits per heavy atom. The van der Waals surface area contributed by atoms with Crippen molar-refractivity contribution in [1.29, 1.82) is 0 Å². The van der Waals surface area contributed by atoms with Gasteiger partial charge in [0.1, 0.15) is 13.2 Å². The smallest absolute Gasteiger partial charge is 0.445 e. The number of carbonyl (C=O) groups excluding carboxylic acids is 2. The Balaban J connectivity index is 1.49. The zero-order valence-corrected chi connectivity index (χ0v) is 15.8. The minimum absolute atomic E-state index is 0.102. The summed E-state index contributed by atoms with van der Waals surface area (Å²) in [6.45, 7) is -0.544. The molecule has 0 fully saturated rings. The molecule has 2 N–H and O–H groups in total. The number of benzene rings is 2. The topological polar surface area (TPSA) is 112 Å². The summed E-state index contributed by atoms with van der Waals surface area (Å²) in [5.74, 6) is 0. The van der Waals surface area contributed by atoms with Crippen LogP contribution >= 0.6 is 8.25 Å². The van der Waals surface area contributed by atoms with Crippen LogP contribution in [0.3, 0.4) is 0 Å². The average Bonchev–Trinajstić information content (AvgIpc) is 2.72. The molecule has 0 atom stereocenters. The van der Waals surface area contributed by atoms with Gasteiger partial charge in [-0.15, -0.1) is 0 Å². The van der Waals surface area contributed by atoms with E-state index in [0.29, 0.717) is 0 Å². The van der Waals surface area contributed by atoms with Crippen LogP contribution in [-0.2, 0) is 36.3 Å². The highest BCUT2D eigenvalue weighted by Crippen LogP contribution is 2.21. The Labute approximate surface area is 162 Å². The van der Waals surface area contributed by atoms with Gasteiger partial charge in [-0.05, 0) is 11.1 Å². The zero-order chi connectivity index (χ0) is 20.0. The van der Waals surface area contributed by atoms with Crippen molar-refractivity contribution in [3.8, 4) is 0 Å². The predicted octanol–water partition coefficient (Wildman–Crippen LogP) is 3.44. The molecule has 10 heteroatoms. The first-order valence-electron chi connectivity index (χ1n) is 8.25. The van der Waals surface area contributed by atoms with E-state index in [9.17, 15) is 14.2 Å². The van der Waals surface area contributed by atoms with E-state index >= 15 is 0 Å². The van der Waals surface area contributed by atoms with Gasteiger partial charge in [-0.1, -0.05) is 69.7 Å². The van der Waals surface area contributed by atoms with E-state index in [-0.39, 0.29) is 26.7 Å². The molecule has 0 heterocycles. The molecule has 2 amide bonds. The Kier molecular flexibility index (Phi) is 9.43. The van der Waals surface area contributed by atoms with Crippen molar-refractivity contribution in [3.05, 3.63) is 71.8 Å². The molecular formula is C18H20N2O7P+. The summed E-state index contributed by atoms with van der Waals surface area (Å²) in [6, 6.07) is 18.3. The van der Waals surface area contributed by atoms with Crippen LogP contribution in [0.15, 0.2) is 60.7 Å². The molecule has 0 bridgehead atoms. The number of nitrogens with one attached hydrogen (secondary N) is 2. The van der Waals surface area contributed by atoms with Gasteiger partial charge >= 0.3 is 20.4 Å². The second kappa shape index (κ2) is 12.4. The lowest BCUT2D eigenvalue weighted by Crippen LogP contribution is -2.27. The van der Waals surface area contributed by atoms with Gasteiger partial charge in [0, 0.05) is 4.57 Å². The number of carbonyl (C=O) groups is 2. The van der Waals surface area contributed by atoms with E-state index in [2.05, 4.69) is 10.6 Å². The van der Waals surface area contributed by atoms with E-state index in [4.69, 9.17) is 18.5 Å². The highest BCUT2D eigenvalue weighted by molar-refractivity contribution is 7.33. The third-order valence-corrected chi connectivity index (χ3v) is 3.88. The normalized spacial score (nSPS) is 10.0. The number of hydrogen-bond acceptors (Lipinski definition) is 7. The van der Waals surface area contributed by atoms with Crippen molar-refractivity contribution in [3.63, 3.8) is 0 Å². The lowest BCUT2D eigenvalue weighted by Gasteiger charge is -2.05. The van der Waals surface area contributed by atoms with Gasteiger partial charge in [0.25, 0.3) is 0 Å². The molecule has 0 aliphatic rings. The van der Waals surface area contributed by atoms with Gasteiger partial charge in [0.2, 0.25) is 0 Å². The summed E-state index contributed by atoms with van der Waals surface area (Å²) in [5, 5.41) is 4.52. The molecule has 9 nitrogen and oxygen atoms in total. The van der Waals surface area contributed by atoms with Gasteiger partial charge in [0.15, 0.2) is 13.5 Å². The first-order chi connectivity index (χ1) is 13.6. The van der Waals surface area contributed by atoms with Crippen LogP contribution in [0.1, 0.15) is 11.1 Å². The fourth-order valence-corrected chi connectivity index (χ4v) is 2.29. The summed E-state index contributed by atoms with van der Waals surface area (Å²) in [6.07, 6.45) is -1.45. The molecule has 0 unspecified atom stereocenters. The quantitative estimate of drug-likeness (QED) is 0.458. The Morgan fingerprint density at radius 1 is 0.714 bits per heavy atom. The first-order valence-corrected chi connectivity index (χ1v) is 9.35. The Hall–Kier alpha value is -3.00. The third kappa shape index (κ3) is 9.09. The van der Waals surface area contributed by atoms with Gasteiger partial charge in [-0.25, -0.2) is 9.59 Å². The fourth-order valence-electron chi connectivity index (χ4n) is 1.87. The second-order valence-electron chi connectivity index (χ2n) is 5.25. The number of alkyl carbamates (subject to hydrolysis) is 2. The number of amides is 2. The lowest BCUT2D eigenvalue weighted by molar-refractivity contribution is 0.122. The molecule has 0 saturated heterocycles. The summed E-state index contributed by atoms with van der Waals surface area (Å²) < 4.78 is 30.9. The minimum Gasteiger partial charge on any atom is -0.445 e.